The number of nitrogens with zero attached hydrogens (tertiary/aromatic N) is 1. The van der Waals surface area contributed by atoms with Crippen molar-refractivity contribution in [3.63, 3.8) is 0 Å². The van der Waals surface area contributed by atoms with Crippen LogP contribution >= 0.6 is 11.3 Å². The quantitative estimate of drug-likeness (QED) is 0.869. The second kappa shape index (κ2) is 5.45. The maximum Gasteiger partial charge on any atom is 0.244 e. The maximum atomic E-state index is 12.3. The molecule has 17 heavy (non-hydrogen) atoms. The van der Waals surface area contributed by atoms with Crippen molar-refractivity contribution in [1.29, 1.82) is 0 Å². The summed E-state index contributed by atoms with van der Waals surface area (Å²) in [5.41, 5.74) is 0. The minimum Gasteiger partial charge on any atom is -0.379 e. The van der Waals surface area contributed by atoms with Gasteiger partial charge in [-0.05, 0) is 13.1 Å². The van der Waals surface area contributed by atoms with E-state index >= 15 is 0 Å². The summed E-state index contributed by atoms with van der Waals surface area (Å²) in [5, 5.41) is 4.72. The van der Waals surface area contributed by atoms with Crippen molar-refractivity contribution in [2.75, 3.05) is 33.4 Å². The first-order chi connectivity index (χ1) is 8.14. The van der Waals surface area contributed by atoms with Gasteiger partial charge in [-0.1, -0.05) is 0 Å². The summed E-state index contributed by atoms with van der Waals surface area (Å²) in [7, 11) is -1.48. The van der Waals surface area contributed by atoms with E-state index < -0.39 is 10.0 Å². The molecule has 1 fully saturated rings. The van der Waals surface area contributed by atoms with Gasteiger partial charge in [0.2, 0.25) is 10.0 Å². The van der Waals surface area contributed by atoms with E-state index in [1.54, 1.807) is 11.4 Å². The van der Waals surface area contributed by atoms with Gasteiger partial charge in [0.1, 0.15) is 0 Å². The van der Waals surface area contributed by atoms with Crippen molar-refractivity contribution in [3.05, 3.63) is 16.3 Å². The SMILES string of the molecule is CNCc1cc(S(=O)(=O)N2CCOCC2)cs1. The largest absolute Gasteiger partial charge is 0.379 e. The number of thiophene rings is 1. The van der Waals surface area contributed by atoms with Crippen molar-refractivity contribution in [1.82, 2.24) is 9.62 Å². The van der Waals surface area contributed by atoms with Crippen LogP contribution in [0.15, 0.2) is 16.3 Å². The van der Waals surface area contributed by atoms with Crippen molar-refractivity contribution in [3.8, 4) is 0 Å². The molecule has 0 radical (unpaired) electrons. The normalized spacial score (nSPS) is 18.4. The van der Waals surface area contributed by atoms with Crippen LogP contribution < -0.4 is 5.32 Å². The third kappa shape index (κ3) is 2.86. The van der Waals surface area contributed by atoms with E-state index in [0.29, 0.717) is 37.7 Å². The van der Waals surface area contributed by atoms with E-state index in [9.17, 15) is 8.42 Å². The molecular formula is C10H16N2O3S2. The molecule has 0 saturated carbocycles. The monoisotopic (exact) mass is 276 g/mol. The van der Waals surface area contributed by atoms with Crippen LogP contribution in [0.25, 0.3) is 0 Å². The summed E-state index contributed by atoms with van der Waals surface area (Å²) >= 11 is 1.47. The number of ether oxygens (including phenoxy) is 1. The zero-order valence-electron chi connectivity index (χ0n) is 9.68. The first-order valence-corrected chi connectivity index (χ1v) is 7.76. The van der Waals surface area contributed by atoms with Crippen LogP contribution in [-0.2, 0) is 21.3 Å². The molecule has 0 spiro atoms. The Morgan fingerprint density at radius 1 is 1.47 bits per heavy atom. The summed E-state index contributed by atoms with van der Waals surface area (Å²) < 4.78 is 31.2. The molecular weight excluding hydrogens is 260 g/mol. The first kappa shape index (κ1) is 13.0. The summed E-state index contributed by atoms with van der Waals surface area (Å²) in [6.45, 7) is 2.54. The number of hydrogen-bond donors (Lipinski definition) is 1. The molecule has 0 aliphatic carbocycles. The van der Waals surface area contributed by atoms with E-state index in [2.05, 4.69) is 5.32 Å². The number of hydrogen-bond acceptors (Lipinski definition) is 5. The Morgan fingerprint density at radius 3 is 2.82 bits per heavy atom. The van der Waals surface area contributed by atoms with Gasteiger partial charge < -0.3 is 10.1 Å². The van der Waals surface area contributed by atoms with Crippen LogP contribution in [0.1, 0.15) is 4.88 Å². The van der Waals surface area contributed by atoms with E-state index in [4.69, 9.17) is 4.74 Å². The predicted octanol–water partition coefficient (Wildman–Crippen LogP) is 0.488. The fraction of sp³-hybridized carbons (Fsp3) is 0.600. The Labute approximate surface area is 105 Å². The van der Waals surface area contributed by atoms with Crippen LogP contribution in [0.4, 0.5) is 0 Å². The van der Waals surface area contributed by atoms with Gasteiger partial charge >= 0.3 is 0 Å². The molecule has 1 aliphatic rings. The van der Waals surface area contributed by atoms with Gasteiger partial charge in [0.15, 0.2) is 0 Å². The third-order valence-electron chi connectivity index (χ3n) is 2.59. The molecule has 0 atom stereocenters. The average molecular weight is 276 g/mol. The molecule has 0 amide bonds. The molecule has 2 heterocycles. The van der Waals surface area contributed by atoms with Crippen LogP contribution in [-0.4, -0.2) is 46.1 Å². The van der Waals surface area contributed by atoms with Crippen molar-refractivity contribution < 1.29 is 13.2 Å². The van der Waals surface area contributed by atoms with Gasteiger partial charge in [-0.3, -0.25) is 0 Å². The van der Waals surface area contributed by atoms with Crippen molar-refractivity contribution in [2.45, 2.75) is 11.4 Å². The molecule has 0 unspecified atom stereocenters. The highest BCUT2D eigenvalue weighted by atomic mass is 32.2. The lowest BCUT2D eigenvalue weighted by Gasteiger charge is -2.25. The molecule has 1 aliphatic heterocycles. The fourth-order valence-electron chi connectivity index (χ4n) is 1.70. The number of sulfonamides is 1. The minimum atomic E-state index is -3.32. The molecule has 1 saturated heterocycles. The standard InChI is InChI=1S/C10H16N2O3S2/c1-11-7-9-6-10(8-16-9)17(13,14)12-2-4-15-5-3-12/h6,8,11H,2-5,7H2,1H3. The van der Waals surface area contributed by atoms with Crippen molar-refractivity contribution in [2.24, 2.45) is 0 Å². The zero-order chi connectivity index (χ0) is 12.3. The molecule has 1 aromatic rings. The topological polar surface area (TPSA) is 58.6 Å². The number of morpholine rings is 1. The molecule has 1 aromatic heterocycles. The summed E-state index contributed by atoms with van der Waals surface area (Å²) in [6, 6.07) is 1.74. The number of rotatable bonds is 4. The maximum absolute atomic E-state index is 12.3. The Kier molecular flexibility index (Phi) is 4.16. The summed E-state index contributed by atoms with van der Waals surface area (Å²) in [4.78, 5) is 1.42. The molecule has 0 aromatic carbocycles. The van der Waals surface area contributed by atoms with Crippen LogP contribution in [0.2, 0.25) is 0 Å². The van der Waals surface area contributed by atoms with E-state index in [-0.39, 0.29) is 0 Å². The lowest BCUT2D eigenvalue weighted by Crippen LogP contribution is -2.40. The summed E-state index contributed by atoms with van der Waals surface area (Å²) in [6.07, 6.45) is 0. The van der Waals surface area contributed by atoms with Gasteiger partial charge in [0.25, 0.3) is 0 Å². The van der Waals surface area contributed by atoms with Crippen molar-refractivity contribution >= 4 is 21.4 Å². The molecule has 7 heteroatoms. The third-order valence-corrected chi connectivity index (χ3v) is 5.55. The zero-order valence-corrected chi connectivity index (χ0v) is 11.3. The van der Waals surface area contributed by atoms with Crippen LogP contribution in [0.3, 0.4) is 0 Å². The van der Waals surface area contributed by atoms with E-state index in [1.165, 1.54) is 15.6 Å². The van der Waals surface area contributed by atoms with Gasteiger partial charge in [0.05, 0.1) is 18.1 Å². The predicted molar refractivity (Wildman–Crippen MR) is 66.7 cm³/mol. The lowest BCUT2D eigenvalue weighted by atomic mass is 10.5. The smallest absolute Gasteiger partial charge is 0.244 e. The van der Waals surface area contributed by atoms with Crippen LogP contribution in [0.5, 0.6) is 0 Å². The lowest BCUT2D eigenvalue weighted by molar-refractivity contribution is 0.0730. The second-order valence-corrected chi connectivity index (χ2v) is 6.73. The molecule has 0 bridgehead atoms. The molecule has 1 N–H and O–H groups in total. The molecule has 5 nitrogen and oxygen atoms in total. The van der Waals surface area contributed by atoms with Crippen LogP contribution in [0, 0.1) is 0 Å². The average Bonchev–Trinajstić information content (AvgIpc) is 2.80. The van der Waals surface area contributed by atoms with Gasteiger partial charge in [-0.15, -0.1) is 11.3 Å². The number of nitrogens with one attached hydrogen (secondary N) is 1. The fourth-order valence-corrected chi connectivity index (χ4v) is 4.38. The van der Waals surface area contributed by atoms with Gasteiger partial charge in [-0.2, -0.15) is 4.31 Å². The molecule has 2 rings (SSSR count). The summed E-state index contributed by atoms with van der Waals surface area (Å²) in [5.74, 6) is 0. The highest BCUT2D eigenvalue weighted by Crippen LogP contribution is 2.23. The van der Waals surface area contributed by atoms with E-state index in [1.807, 2.05) is 7.05 Å². The highest BCUT2D eigenvalue weighted by molar-refractivity contribution is 7.89. The van der Waals surface area contributed by atoms with Gasteiger partial charge in [0, 0.05) is 29.9 Å². The Balaban J connectivity index is 2.18. The molecule has 96 valence electrons. The Hall–Kier alpha value is -0.470. The second-order valence-electron chi connectivity index (χ2n) is 3.80. The van der Waals surface area contributed by atoms with Gasteiger partial charge in [-0.25, -0.2) is 8.42 Å². The minimum absolute atomic E-state index is 0.398. The first-order valence-electron chi connectivity index (χ1n) is 5.44. The Bertz CT molecular complexity index is 464. The Morgan fingerprint density at radius 2 is 2.18 bits per heavy atom. The highest BCUT2D eigenvalue weighted by Gasteiger charge is 2.27. The van der Waals surface area contributed by atoms with E-state index in [0.717, 1.165) is 4.88 Å².